The molecule has 0 unspecified atom stereocenters. The first-order valence-electron chi connectivity index (χ1n) is 9.53. The third kappa shape index (κ3) is 3.50. The minimum Gasteiger partial charge on any atom is -0.456 e. The summed E-state index contributed by atoms with van der Waals surface area (Å²) in [6, 6.07) is 31.5. The van der Waals surface area contributed by atoms with Gasteiger partial charge in [-0.2, -0.15) is 0 Å². The summed E-state index contributed by atoms with van der Waals surface area (Å²) in [6.45, 7) is 0. The number of benzene rings is 4. The molecular formula is C26H18O3. The van der Waals surface area contributed by atoms with Gasteiger partial charge in [-0.25, -0.2) is 0 Å². The Morgan fingerprint density at radius 2 is 1.38 bits per heavy atom. The Morgan fingerprint density at radius 3 is 2.21 bits per heavy atom. The number of carbonyl (C=O) groups is 1. The van der Waals surface area contributed by atoms with Crippen LogP contribution in [0.15, 0.2) is 101 Å². The molecular weight excluding hydrogens is 360 g/mol. The molecule has 5 aromatic rings. The Bertz CT molecular complexity index is 1300. The van der Waals surface area contributed by atoms with E-state index in [9.17, 15) is 4.79 Å². The molecule has 140 valence electrons. The van der Waals surface area contributed by atoms with Crippen molar-refractivity contribution < 1.29 is 13.9 Å². The van der Waals surface area contributed by atoms with Crippen molar-refractivity contribution in [3.63, 3.8) is 0 Å². The van der Waals surface area contributed by atoms with Gasteiger partial charge in [0.2, 0.25) is 0 Å². The van der Waals surface area contributed by atoms with Gasteiger partial charge in [0.05, 0.1) is 6.42 Å². The third-order valence-electron chi connectivity index (χ3n) is 4.99. The maximum Gasteiger partial charge on any atom is 0.315 e. The zero-order valence-electron chi connectivity index (χ0n) is 15.7. The van der Waals surface area contributed by atoms with Gasteiger partial charge in [0.1, 0.15) is 16.9 Å². The molecule has 0 radical (unpaired) electrons. The van der Waals surface area contributed by atoms with Crippen LogP contribution in [0, 0.1) is 0 Å². The van der Waals surface area contributed by atoms with E-state index in [4.69, 9.17) is 9.15 Å². The van der Waals surface area contributed by atoms with Crippen LogP contribution >= 0.6 is 0 Å². The third-order valence-corrected chi connectivity index (χ3v) is 4.99. The van der Waals surface area contributed by atoms with E-state index in [0.717, 1.165) is 38.6 Å². The van der Waals surface area contributed by atoms with Gasteiger partial charge in [-0.15, -0.1) is 0 Å². The smallest absolute Gasteiger partial charge is 0.315 e. The molecule has 3 nitrogen and oxygen atoms in total. The van der Waals surface area contributed by atoms with Crippen molar-refractivity contribution in [2.45, 2.75) is 6.42 Å². The van der Waals surface area contributed by atoms with E-state index in [-0.39, 0.29) is 12.4 Å². The number of para-hydroxylation sites is 1. The predicted molar refractivity (Wildman–Crippen MR) is 115 cm³/mol. The van der Waals surface area contributed by atoms with Crippen LogP contribution in [0.5, 0.6) is 5.75 Å². The van der Waals surface area contributed by atoms with Gasteiger partial charge in [-0.3, -0.25) is 4.79 Å². The highest BCUT2D eigenvalue weighted by atomic mass is 16.5. The monoisotopic (exact) mass is 378 g/mol. The lowest BCUT2D eigenvalue weighted by Crippen LogP contribution is -2.11. The largest absolute Gasteiger partial charge is 0.456 e. The Labute approximate surface area is 168 Å². The number of hydrogen-bond acceptors (Lipinski definition) is 3. The lowest BCUT2D eigenvalue weighted by atomic mass is 10.0. The molecule has 0 saturated carbocycles. The molecule has 0 N–H and O–H groups in total. The van der Waals surface area contributed by atoms with E-state index >= 15 is 0 Å². The normalized spacial score (nSPS) is 11.0. The quantitative estimate of drug-likeness (QED) is 0.268. The number of ether oxygens (including phenoxy) is 1. The number of carbonyl (C=O) groups excluding carboxylic acids is 1. The Morgan fingerprint density at radius 1 is 0.690 bits per heavy atom. The Balaban J connectivity index is 1.32. The van der Waals surface area contributed by atoms with E-state index in [2.05, 4.69) is 12.1 Å². The fourth-order valence-corrected chi connectivity index (χ4v) is 3.55. The molecule has 0 aliphatic heterocycles. The van der Waals surface area contributed by atoms with E-state index in [1.54, 1.807) is 6.07 Å². The topological polar surface area (TPSA) is 39.4 Å². The summed E-state index contributed by atoms with van der Waals surface area (Å²) in [7, 11) is 0. The molecule has 0 atom stereocenters. The lowest BCUT2D eigenvalue weighted by molar-refractivity contribution is -0.133. The SMILES string of the molecule is O=C(Cc1ccc(-c2ccccc2)cc1)Oc1ccc2oc3ccccc3c2c1. The predicted octanol–water partition coefficient (Wildman–Crippen LogP) is 6.40. The van der Waals surface area contributed by atoms with Gasteiger partial charge in [-0.1, -0.05) is 72.8 Å². The van der Waals surface area contributed by atoms with Crippen LogP contribution in [0.3, 0.4) is 0 Å². The molecule has 0 amide bonds. The van der Waals surface area contributed by atoms with Crippen molar-refractivity contribution in [3.8, 4) is 16.9 Å². The molecule has 1 heterocycles. The van der Waals surface area contributed by atoms with Crippen molar-refractivity contribution in [1.29, 1.82) is 0 Å². The molecule has 0 saturated heterocycles. The van der Waals surface area contributed by atoms with Gasteiger partial charge in [0, 0.05) is 10.8 Å². The molecule has 0 fully saturated rings. The summed E-state index contributed by atoms with van der Waals surface area (Å²) in [4.78, 5) is 12.4. The van der Waals surface area contributed by atoms with Crippen molar-refractivity contribution in [3.05, 3.63) is 103 Å². The van der Waals surface area contributed by atoms with Crippen LogP contribution in [-0.2, 0) is 11.2 Å². The van der Waals surface area contributed by atoms with Crippen LogP contribution in [-0.4, -0.2) is 5.97 Å². The second-order valence-corrected chi connectivity index (χ2v) is 6.97. The standard InChI is InChI=1S/C26H18O3/c27-26(16-18-10-12-20(13-11-18)19-6-2-1-3-7-19)28-21-14-15-25-23(17-21)22-8-4-5-9-24(22)29-25/h1-15,17H,16H2. The maximum atomic E-state index is 12.4. The first kappa shape index (κ1) is 17.3. The van der Waals surface area contributed by atoms with Crippen molar-refractivity contribution in [1.82, 2.24) is 0 Å². The average molecular weight is 378 g/mol. The zero-order valence-corrected chi connectivity index (χ0v) is 15.7. The van der Waals surface area contributed by atoms with Crippen LogP contribution in [0.1, 0.15) is 5.56 Å². The van der Waals surface area contributed by atoms with Crippen molar-refractivity contribution >= 4 is 27.9 Å². The summed E-state index contributed by atoms with van der Waals surface area (Å²) in [6.07, 6.45) is 0.221. The Hall–Kier alpha value is -3.85. The van der Waals surface area contributed by atoms with Gasteiger partial charge in [0.15, 0.2) is 0 Å². The highest BCUT2D eigenvalue weighted by molar-refractivity contribution is 6.05. The van der Waals surface area contributed by atoms with E-state index in [1.165, 1.54) is 0 Å². The number of esters is 1. The number of fused-ring (bicyclic) bond motifs is 3. The fourth-order valence-electron chi connectivity index (χ4n) is 3.55. The zero-order chi connectivity index (χ0) is 19.6. The second-order valence-electron chi connectivity index (χ2n) is 6.97. The summed E-state index contributed by atoms with van der Waals surface area (Å²) in [5.74, 6) is 0.236. The number of hydrogen-bond donors (Lipinski definition) is 0. The summed E-state index contributed by atoms with van der Waals surface area (Å²) in [5, 5.41) is 1.95. The number of rotatable bonds is 4. The molecule has 0 aliphatic rings. The second kappa shape index (κ2) is 7.28. The molecule has 4 aromatic carbocycles. The molecule has 3 heteroatoms. The van der Waals surface area contributed by atoms with Crippen LogP contribution in [0.2, 0.25) is 0 Å². The van der Waals surface area contributed by atoms with E-state index in [0.29, 0.717) is 5.75 Å². The van der Waals surface area contributed by atoms with Gasteiger partial charge >= 0.3 is 5.97 Å². The molecule has 0 spiro atoms. The highest BCUT2D eigenvalue weighted by Gasteiger charge is 2.11. The first-order chi connectivity index (χ1) is 14.3. The first-order valence-corrected chi connectivity index (χ1v) is 9.53. The summed E-state index contributed by atoms with van der Waals surface area (Å²) < 4.78 is 11.4. The molecule has 0 aliphatic carbocycles. The highest BCUT2D eigenvalue weighted by Crippen LogP contribution is 2.31. The molecule has 5 rings (SSSR count). The summed E-state index contributed by atoms with van der Waals surface area (Å²) in [5.41, 5.74) is 4.80. The average Bonchev–Trinajstić information content (AvgIpc) is 3.13. The minimum atomic E-state index is -0.287. The van der Waals surface area contributed by atoms with Gasteiger partial charge < -0.3 is 9.15 Å². The minimum absolute atomic E-state index is 0.221. The van der Waals surface area contributed by atoms with E-state index < -0.39 is 0 Å². The van der Waals surface area contributed by atoms with Crippen LogP contribution < -0.4 is 4.74 Å². The van der Waals surface area contributed by atoms with E-state index in [1.807, 2.05) is 78.9 Å². The van der Waals surface area contributed by atoms with Gasteiger partial charge in [-0.05, 0) is 41.0 Å². The summed E-state index contributed by atoms with van der Waals surface area (Å²) >= 11 is 0. The Kier molecular flexibility index (Phi) is 4.34. The molecule has 1 aromatic heterocycles. The maximum absolute atomic E-state index is 12.4. The van der Waals surface area contributed by atoms with Gasteiger partial charge in [0.25, 0.3) is 0 Å². The fraction of sp³-hybridized carbons (Fsp3) is 0.0385. The van der Waals surface area contributed by atoms with Crippen molar-refractivity contribution in [2.24, 2.45) is 0 Å². The number of furan rings is 1. The molecule has 29 heavy (non-hydrogen) atoms. The van der Waals surface area contributed by atoms with Crippen molar-refractivity contribution in [2.75, 3.05) is 0 Å². The van der Waals surface area contributed by atoms with Crippen LogP contribution in [0.4, 0.5) is 0 Å². The molecule has 0 bridgehead atoms. The lowest BCUT2D eigenvalue weighted by Gasteiger charge is -2.06. The van der Waals surface area contributed by atoms with Crippen LogP contribution in [0.25, 0.3) is 33.1 Å².